The number of carbonyl (C=O) groups is 1. The maximum Gasteiger partial charge on any atom is 0.324 e. The Morgan fingerprint density at radius 2 is 1.77 bits per heavy atom. The van der Waals surface area contributed by atoms with E-state index in [0.717, 1.165) is 11.1 Å². The van der Waals surface area contributed by atoms with Gasteiger partial charge in [0.15, 0.2) is 5.82 Å². The zero-order valence-electron chi connectivity index (χ0n) is 16.4. The van der Waals surface area contributed by atoms with Gasteiger partial charge in [0.2, 0.25) is 0 Å². The van der Waals surface area contributed by atoms with E-state index in [0.29, 0.717) is 29.3 Å². The van der Waals surface area contributed by atoms with E-state index in [1.807, 2.05) is 48.5 Å². The van der Waals surface area contributed by atoms with E-state index in [4.69, 9.17) is 11.0 Å². The van der Waals surface area contributed by atoms with Crippen molar-refractivity contribution in [3.8, 4) is 17.3 Å². The summed E-state index contributed by atoms with van der Waals surface area (Å²) in [5, 5.41) is 26.9. The Morgan fingerprint density at radius 1 is 1.00 bits per heavy atom. The van der Waals surface area contributed by atoms with Crippen LogP contribution >= 0.6 is 0 Å². The molecule has 0 aliphatic heterocycles. The lowest BCUT2D eigenvalue weighted by molar-refractivity contribution is 0.262. The highest BCUT2D eigenvalue weighted by Gasteiger charge is 2.12. The topological polar surface area (TPSA) is 135 Å². The molecule has 152 valence electrons. The molecule has 4 rings (SSSR count). The second-order valence-electron chi connectivity index (χ2n) is 6.62. The second kappa shape index (κ2) is 8.75. The molecule has 0 aliphatic carbocycles. The number of nitriles is 1. The van der Waals surface area contributed by atoms with Gasteiger partial charge in [0.05, 0.1) is 18.4 Å². The summed E-state index contributed by atoms with van der Waals surface area (Å²) < 4.78 is 1.50. The van der Waals surface area contributed by atoms with Gasteiger partial charge in [0, 0.05) is 11.3 Å². The summed E-state index contributed by atoms with van der Waals surface area (Å²) in [6.07, 6.45) is 1.41. The number of para-hydroxylation sites is 1. The molecule has 0 atom stereocenters. The molecule has 2 heterocycles. The lowest BCUT2D eigenvalue weighted by atomic mass is 10.1. The molecule has 0 saturated heterocycles. The van der Waals surface area contributed by atoms with Crippen LogP contribution in [0.3, 0.4) is 0 Å². The van der Waals surface area contributed by atoms with Crippen LogP contribution in [0.15, 0.2) is 72.9 Å². The molecule has 0 spiro atoms. The Balaban J connectivity index is 1.44. The van der Waals surface area contributed by atoms with Gasteiger partial charge in [-0.05, 0) is 23.8 Å². The summed E-state index contributed by atoms with van der Waals surface area (Å²) in [5.41, 5.74) is 9.26. The quantitative estimate of drug-likeness (QED) is 0.461. The smallest absolute Gasteiger partial charge is 0.324 e. The summed E-state index contributed by atoms with van der Waals surface area (Å²) in [7, 11) is 0. The number of urea groups is 1. The molecule has 9 heteroatoms. The first kappa shape index (κ1) is 19.6. The molecule has 2 aromatic heterocycles. The van der Waals surface area contributed by atoms with Crippen molar-refractivity contribution < 1.29 is 4.79 Å². The zero-order valence-corrected chi connectivity index (χ0v) is 16.4. The number of rotatable bonds is 5. The Labute approximate surface area is 178 Å². The largest absolute Gasteiger partial charge is 0.383 e. The zero-order chi connectivity index (χ0) is 21.6. The van der Waals surface area contributed by atoms with Crippen molar-refractivity contribution in [3.63, 3.8) is 0 Å². The Morgan fingerprint density at radius 3 is 2.48 bits per heavy atom. The molecule has 0 fully saturated rings. The van der Waals surface area contributed by atoms with Gasteiger partial charge in [-0.2, -0.15) is 10.4 Å². The van der Waals surface area contributed by atoms with Crippen LogP contribution in [0.1, 0.15) is 11.1 Å². The van der Waals surface area contributed by atoms with Crippen LogP contribution in [-0.4, -0.2) is 26.0 Å². The number of nitrogens with two attached hydrogens (primary N) is 1. The highest BCUT2D eigenvalue weighted by molar-refractivity contribution is 5.99. The van der Waals surface area contributed by atoms with Crippen LogP contribution in [0.4, 0.5) is 22.1 Å². The Hall–Kier alpha value is -4.71. The minimum absolute atomic E-state index is 0.274. The summed E-state index contributed by atoms with van der Waals surface area (Å²) in [5.74, 6) is 0.597. The molecular formula is C22H18N8O. The fourth-order valence-corrected chi connectivity index (χ4v) is 2.98. The maximum atomic E-state index is 12.5. The number of nitrogens with one attached hydrogen (secondary N) is 2. The first-order valence-corrected chi connectivity index (χ1v) is 9.40. The Kier molecular flexibility index (Phi) is 5.53. The fourth-order valence-electron chi connectivity index (χ4n) is 2.98. The van der Waals surface area contributed by atoms with Crippen molar-refractivity contribution in [2.24, 2.45) is 0 Å². The minimum Gasteiger partial charge on any atom is -0.383 e. The molecular weight excluding hydrogens is 392 g/mol. The van der Waals surface area contributed by atoms with E-state index >= 15 is 0 Å². The van der Waals surface area contributed by atoms with Gasteiger partial charge in [-0.25, -0.2) is 9.48 Å². The van der Waals surface area contributed by atoms with Gasteiger partial charge in [-0.1, -0.05) is 48.5 Å². The van der Waals surface area contributed by atoms with Gasteiger partial charge in [-0.3, -0.25) is 5.32 Å². The number of anilines is 3. The monoisotopic (exact) mass is 410 g/mol. The summed E-state index contributed by atoms with van der Waals surface area (Å²) in [6.45, 7) is 0.301. The van der Waals surface area contributed by atoms with E-state index < -0.39 is 6.03 Å². The van der Waals surface area contributed by atoms with Gasteiger partial charge in [-0.15, -0.1) is 10.2 Å². The van der Waals surface area contributed by atoms with Crippen molar-refractivity contribution in [3.05, 3.63) is 84.1 Å². The lowest BCUT2D eigenvalue weighted by Crippen LogP contribution is -2.21. The number of nitrogen functional groups attached to an aromatic ring is 1. The first-order valence-electron chi connectivity index (χ1n) is 9.40. The van der Waals surface area contributed by atoms with E-state index in [2.05, 4.69) is 25.9 Å². The van der Waals surface area contributed by atoms with Crippen molar-refractivity contribution in [2.75, 3.05) is 16.4 Å². The van der Waals surface area contributed by atoms with Gasteiger partial charge in [0.25, 0.3) is 0 Å². The van der Waals surface area contributed by atoms with Crippen LogP contribution in [0.25, 0.3) is 11.3 Å². The third-order valence-electron chi connectivity index (χ3n) is 4.56. The van der Waals surface area contributed by atoms with Crippen molar-refractivity contribution in [1.82, 2.24) is 20.0 Å². The van der Waals surface area contributed by atoms with E-state index in [1.165, 1.54) is 10.9 Å². The second-order valence-corrected chi connectivity index (χ2v) is 6.62. The first-order chi connectivity index (χ1) is 15.1. The molecule has 4 aromatic rings. The standard InChI is InChI=1S/C22H18N8O/c23-12-17-13-25-30(21(17)24)14-16-8-4-5-9-18(16)26-22(31)27-20-11-10-19(28-29-20)15-6-2-1-3-7-15/h1-11,13H,14,24H2,(H2,26,27,29,31). The molecule has 9 nitrogen and oxygen atoms in total. The predicted octanol–water partition coefficient (Wildman–Crippen LogP) is 3.49. The minimum atomic E-state index is -0.458. The molecule has 0 unspecified atom stereocenters. The van der Waals surface area contributed by atoms with Gasteiger partial charge >= 0.3 is 6.03 Å². The van der Waals surface area contributed by atoms with Crippen LogP contribution in [-0.2, 0) is 6.54 Å². The van der Waals surface area contributed by atoms with Crippen LogP contribution < -0.4 is 16.4 Å². The third kappa shape index (κ3) is 4.49. The molecule has 2 aromatic carbocycles. The summed E-state index contributed by atoms with van der Waals surface area (Å²) in [6, 6.07) is 21.9. The molecule has 31 heavy (non-hydrogen) atoms. The fraction of sp³-hybridized carbons (Fsp3) is 0.0455. The highest BCUT2D eigenvalue weighted by Crippen LogP contribution is 2.20. The maximum absolute atomic E-state index is 12.5. The van der Waals surface area contributed by atoms with E-state index in [9.17, 15) is 4.79 Å². The molecule has 4 N–H and O–H groups in total. The van der Waals surface area contributed by atoms with E-state index in [-0.39, 0.29) is 5.82 Å². The Bertz CT molecular complexity index is 1240. The van der Waals surface area contributed by atoms with Crippen molar-refractivity contribution >= 4 is 23.4 Å². The molecule has 0 radical (unpaired) electrons. The SMILES string of the molecule is N#Cc1cnn(Cc2ccccc2NC(=O)Nc2ccc(-c3ccccc3)nn2)c1N. The average molecular weight is 410 g/mol. The van der Waals surface area contributed by atoms with Crippen molar-refractivity contribution in [1.29, 1.82) is 5.26 Å². The molecule has 0 bridgehead atoms. The summed E-state index contributed by atoms with van der Waals surface area (Å²) >= 11 is 0. The van der Waals surface area contributed by atoms with Crippen LogP contribution in [0, 0.1) is 11.3 Å². The number of benzene rings is 2. The highest BCUT2D eigenvalue weighted by atomic mass is 16.2. The number of nitrogens with zero attached hydrogens (tertiary/aromatic N) is 5. The predicted molar refractivity (Wildman–Crippen MR) is 117 cm³/mol. The third-order valence-corrected chi connectivity index (χ3v) is 4.56. The van der Waals surface area contributed by atoms with Crippen LogP contribution in [0.5, 0.6) is 0 Å². The van der Waals surface area contributed by atoms with Crippen molar-refractivity contribution in [2.45, 2.75) is 6.54 Å². The number of amides is 2. The van der Waals surface area contributed by atoms with Gasteiger partial charge < -0.3 is 11.1 Å². The molecule has 0 aliphatic rings. The number of hydrogen-bond acceptors (Lipinski definition) is 6. The lowest BCUT2D eigenvalue weighted by Gasteiger charge is -2.12. The van der Waals surface area contributed by atoms with Crippen LogP contribution in [0.2, 0.25) is 0 Å². The number of hydrogen-bond donors (Lipinski definition) is 3. The van der Waals surface area contributed by atoms with Gasteiger partial charge in [0.1, 0.15) is 17.5 Å². The molecule has 0 saturated carbocycles. The number of carbonyl (C=O) groups excluding carboxylic acids is 1. The summed E-state index contributed by atoms with van der Waals surface area (Å²) in [4.78, 5) is 12.5. The van der Waals surface area contributed by atoms with E-state index in [1.54, 1.807) is 24.3 Å². The normalized spacial score (nSPS) is 10.3. The molecule has 2 amide bonds. The average Bonchev–Trinajstić information content (AvgIpc) is 3.15. The number of aromatic nitrogens is 4.